The summed E-state index contributed by atoms with van der Waals surface area (Å²) in [5.41, 5.74) is 3.14. The van der Waals surface area contributed by atoms with Crippen LogP contribution in [0.5, 0.6) is 0 Å². The molecule has 0 bridgehead atoms. The van der Waals surface area contributed by atoms with Gasteiger partial charge in [-0.15, -0.1) is 0 Å². The van der Waals surface area contributed by atoms with Crippen molar-refractivity contribution in [1.82, 2.24) is 15.3 Å². The molecule has 1 fully saturated rings. The zero-order valence-corrected chi connectivity index (χ0v) is 18.3. The van der Waals surface area contributed by atoms with Crippen LogP contribution in [0.25, 0.3) is 11.3 Å². The first-order valence-corrected chi connectivity index (χ1v) is 10.6. The standard InChI is InChI=1S/C22H22IN5O/c1-15-14-28(11-10-24-15)21-8-5-16(13-26-21)22(29)27-17-6-7-19(23)18(12-17)20-4-2-3-9-25-20/h2-9,12-13,15,24H,10-11,14H2,1H3,(H,27,29)/t15-/m0/s1. The molecule has 7 heteroatoms. The zero-order chi connectivity index (χ0) is 20.2. The molecule has 4 rings (SSSR count). The maximum atomic E-state index is 12.7. The first-order valence-electron chi connectivity index (χ1n) is 9.57. The number of carbonyl (C=O) groups is 1. The molecule has 0 aliphatic carbocycles. The molecule has 6 nitrogen and oxygen atoms in total. The van der Waals surface area contributed by atoms with Crippen molar-refractivity contribution in [2.75, 3.05) is 29.9 Å². The summed E-state index contributed by atoms with van der Waals surface area (Å²) >= 11 is 2.28. The van der Waals surface area contributed by atoms with Gasteiger partial charge in [-0.25, -0.2) is 4.98 Å². The van der Waals surface area contributed by atoms with Crippen LogP contribution in [0.3, 0.4) is 0 Å². The van der Waals surface area contributed by atoms with E-state index in [9.17, 15) is 4.79 Å². The lowest BCUT2D eigenvalue weighted by Crippen LogP contribution is -2.49. The number of amides is 1. The molecule has 2 aromatic heterocycles. The number of carbonyl (C=O) groups excluding carboxylic acids is 1. The van der Waals surface area contributed by atoms with Gasteiger partial charge in [0.05, 0.1) is 11.3 Å². The van der Waals surface area contributed by atoms with Crippen LogP contribution >= 0.6 is 22.6 Å². The summed E-state index contributed by atoms with van der Waals surface area (Å²) in [7, 11) is 0. The third-order valence-electron chi connectivity index (χ3n) is 4.87. The molecular formula is C22H22IN5O. The van der Waals surface area contributed by atoms with Crippen molar-refractivity contribution in [3.63, 3.8) is 0 Å². The van der Waals surface area contributed by atoms with Crippen LogP contribution in [0.2, 0.25) is 0 Å². The largest absolute Gasteiger partial charge is 0.354 e. The molecule has 1 aliphatic heterocycles. The molecule has 29 heavy (non-hydrogen) atoms. The third-order valence-corrected chi connectivity index (χ3v) is 5.81. The highest BCUT2D eigenvalue weighted by molar-refractivity contribution is 14.1. The number of pyridine rings is 2. The summed E-state index contributed by atoms with van der Waals surface area (Å²) in [6.45, 7) is 4.93. The minimum Gasteiger partial charge on any atom is -0.354 e. The Balaban J connectivity index is 1.48. The molecule has 1 aromatic carbocycles. The number of benzene rings is 1. The van der Waals surface area contributed by atoms with Gasteiger partial charge in [0.1, 0.15) is 5.82 Å². The summed E-state index contributed by atoms with van der Waals surface area (Å²) in [4.78, 5) is 23.8. The zero-order valence-electron chi connectivity index (χ0n) is 16.1. The van der Waals surface area contributed by atoms with E-state index in [-0.39, 0.29) is 5.91 Å². The number of nitrogens with zero attached hydrogens (tertiary/aromatic N) is 3. The number of halogens is 1. The molecular weight excluding hydrogens is 477 g/mol. The fourth-order valence-corrected chi connectivity index (χ4v) is 3.98. The van der Waals surface area contributed by atoms with E-state index in [0.717, 1.165) is 46.0 Å². The summed E-state index contributed by atoms with van der Waals surface area (Å²) in [5, 5.41) is 6.39. The fraction of sp³-hybridized carbons (Fsp3) is 0.227. The number of rotatable bonds is 4. The average Bonchev–Trinajstić information content (AvgIpc) is 2.76. The monoisotopic (exact) mass is 499 g/mol. The Bertz CT molecular complexity index is 994. The van der Waals surface area contributed by atoms with Gasteiger partial charge in [0.2, 0.25) is 0 Å². The highest BCUT2D eigenvalue weighted by Crippen LogP contribution is 2.27. The van der Waals surface area contributed by atoms with Gasteiger partial charge in [-0.3, -0.25) is 9.78 Å². The van der Waals surface area contributed by atoms with Gasteiger partial charge in [0.15, 0.2) is 0 Å². The SMILES string of the molecule is C[C@H]1CN(c2ccc(C(=O)Nc3ccc(I)c(-c4ccccn4)c3)cn2)CCN1. The molecule has 1 saturated heterocycles. The van der Waals surface area contributed by atoms with E-state index in [4.69, 9.17) is 0 Å². The molecule has 1 amide bonds. The van der Waals surface area contributed by atoms with Gasteiger partial charge in [-0.2, -0.15) is 0 Å². The number of nitrogens with one attached hydrogen (secondary N) is 2. The Kier molecular flexibility index (Phi) is 6.05. The summed E-state index contributed by atoms with van der Waals surface area (Å²) < 4.78 is 1.08. The Labute approximate surface area is 183 Å². The number of anilines is 2. The van der Waals surface area contributed by atoms with Gasteiger partial charge in [-0.1, -0.05) is 6.07 Å². The van der Waals surface area contributed by atoms with E-state index in [1.54, 1.807) is 12.4 Å². The van der Waals surface area contributed by atoms with Crippen molar-refractivity contribution in [1.29, 1.82) is 0 Å². The Morgan fingerprint density at radius 1 is 1.21 bits per heavy atom. The second-order valence-corrected chi connectivity index (χ2v) is 8.23. The molecule has 2 N–H and O–H groups in total. The van der Waals surface area contributed by atoms with Crippen LogP contribution in [0, 0.1) is 3.57 Å². The van der Waals surface area contributed by atoms with E-state index in [0.29, 0.717) is 11.6 Å². The quantitative estimate of drug-likeness (QED) is 0.535. The fourth-order valence-electron chi connectivity index (χ4n) is 3.37. The molecule has 3 aromatic rings. The number of aromatic nitrogens is 2. The minimum absolute atomic E-state index is 0.175. The maximum absolute atomic E-state index is 12.7. The van der Waals surface area contributed by atoms with E-state index in [1.165, 1.54) is 0 Å². The predicted molar refractivity (Wildman–Crippen MR) is 124 cm³/mol. The molecule has 3 heterocycles. The van der Waals surface area contributed by atoms with E-state index in [1.807, 2.05) is 48.5 Å². The number of hydrogen-bond donors (Lipinski definition) is 2. The van der Waals surface area contributed by atoms with Crippen molar-refractivity contribution in [2.24, 2.45) is 0 Å². The second kappa shape index (κ2) is 8.87. The van der Waals surface area contributed by atoms with Crippen LogP contribution in [-0.4, -0.2) is 41.6 Å². The molecule has 0 spiro atoms. The summed E-state index contributed by atoms with van der Waals surface area (Å²) in [5.74, 6) is 0.729. The van der Waals surface area contributed by atoms with Crippen LogP contribution < -0.4 is 15.5 Å². The second-order valence-electron chi connectivity index (χ2n) is 7.07. The summed E-state index contributed by atoms with van der Waals surface area (Å²) in [6, 6.07) is 15.8. The first-order chi connectivity index (χ1) is 14.1. The third kappa shape index (κ3) is 4.73. The molecule has 148 valence electrons. The van der Waals surface area contributed by atoms with Gasteiger partial charge in [-0.05, 0) is 72.0 Å². The first kappa shape index (κ1) is 19.8. The van der Waals surface area contributed by atoms with Gasteiger partial charge in [0.25, 0.3) is 5.91 Å². The van der Waals surface area contributed by atoms with Crippen LogP contribution in [0.1, 0.15) is 17.3 Å². The molecule has 0 unspecified atom stereocenters. The number of hydrogen-bond acceptors (Lipinski definition) is 5. The Hall–Kier alpha value is -2.52. The average molecular weight is 499 g/mol. The Morgan fingerprint density at radius 3 is 2.83 bits per heavy atom. The lowest BCUT2D eigenvalue weighted by molar-refractivity contribution is 0.102. The van der Waals surface area contributed by atoms with Crippen molar-refractivity contribution in [2.45, 2.75) is 13.0 Å². The van der Waals surface area contributed by atoms with Crippen LogP contribution in [0.4, 0.5) is 11.5 Å². The minimum atomic E-state index is -0.175. The molecule has 0 saturated carbocycles. The van der Waals surface area contributed by atoms with Gasteiger partial charge >= 0.3 is 0 Å². The van der Waals surface area contributed by atoms with Crippen LogP contribution in [-0.2, 0) is 0 Å². The Morgan fingerprint density at radius 2 is 2.10 bits per heavy atom. The lowest BCUT2D eigenvalue weighted by atomic mass is 10.1. The molecule has 0 radical (unpaired) electrons. The topological polar surface area (TPSA) is 70.2 Å². The summed E-state index contributed by atoms with van der Waals surface area (Å²) in [6.07, 6.45) is 3.41. The smallest absolute Gasteiger partial charge is 0.257 e. The van der Waals surface area contributed by atoms with E-state index >= 15 is 0 Å². The van der Waals surface area contributed by atoms with Gasteiger partial charge < -0.3 is 15.5 Å². The normalized spacial score (nSPS) is 16.5. The highest BCUT2D eigenvalue weighted by Gasteiger charge is 2.17. The molecule has 1 atom stereocenters. The number of piperazine rings is 1. The van der Waals surface area contributed by atoms with E-state index < -0.39 is 0 Å². The highest BCUT2D eigenvalue weighted by atomic mass is 127. The van der Waals surface area contributed by atoms with E-state index in [2.05, 4.69) is 55.0 Å². The van der Waals surface area contributed by atoms with Crippen molar-refractivity contribution >= 4 is 40.0 Å². The lowest BCUT2D eigenvalue weighted by Gasteiger charge is -2.32. The van der Waals surface area contributed by atoms with Gasteiger partial charge in [0, 0.05) is 52.9 Å². The van der Waals surface area contributed by atoms with Crippen LogP contribution in [0.15, 0.2) is 60.9 Å². The maximum Gasteiger partial charge on any atom is 0.257 e. The molecule has 1 aliphatic rings. The predicted octanol–water partition coefficient (Wildman–Crippen LogP) is 3.80. The van der Waals surface area contributed by atoms with Crippen molar-refractivity contribution in [3.05, 3.63) is 70.1 Å². The van der Waals surface area contributed by atoms with Crippen molar-refractivity contribution in [3.8, 4) is 11.3 Å². The van der Waals surface area contributed by atoms with Crippen molar-refractivity contribution < 1.29 is 4.79 Å².